The molecule has 3 heteroatoms. The summed E-state index contributed by atoms with van der Waals surface area (Å²) in [5.41, 5.74) is 1.21. The van der Waals surface area contributed by atoms with E-state index in [1.807, 2.05) is 25.3 Å². The van der Waals surface area contributed by atoms with Gasteiger partial charge in [-0.1, -0.05) is 18.2 Å². The van der Waals surface area contributed by atoms with E-state index in [0.29, 0.717) is 0 Å². The number of nitrogens with one attached hydrogen (secondary N) is 1. The lowest BCUT2D eigenvalue weighted by atomic mass is 10.3. The predicted molar refractivity (Wildman–Crippen MR) is 63.9 cm³/mol. The third-order valence-electron chi connectivity index (χ3n) is 1.69. The maximum absolute atomic E-state index is 4.23. The molecule has 0 bridgehead atoms. The molecule has 2 aromatic rings. The number of thiocarbonyl (C=S) groups is 1. The summed E-state index contributed by atoms with van der Waals surface area (Å²) in [5, 5.41) is 3.50. The van der Waals surface area contributed by atoms with Crippen LogP contribution in [0.15, 0.2) is 41.5 Å². The van der Waals surface area contributed by atoms with E-state index in [1.165, 1.54) is 10.9 Å². The lowest BCUT2D eigenvalue weighted by Gasteiger charge is -1.83. The molecule has 72 valence electrons. The number of aliphatic imine (C=N–C) groups is 1. The Morgan fingerprint density at radius 1 is 1.36 bits per heavy atom. The number of isothiocyanates is 1. The van der Waals surface area contributed by atoms with Crippen molar-refractivity contribution >= 4 is 28.3 Å². The van der Waals surface area contributed by atoms with Crippen molar-refractivity contribution in [1.29, 1.82) is 0 Å². The number of hydrogen-bond donors (Lipinski definition) is 1. The van der Waals surface area contributed by atoms with Crippen LogP contribution in [-0.4, -0.2) is 16.7 Å². The maximum Gasteiger partial charge on any atom is 0.0584 e. The van der Waals surface area contributed by atoms with Crippen LogP contribution in [0.1, 0.15) is 6.92 Å². The van der Waals surface area contributed by atoms with Crippen LogP contribution >= 0.6 is 12.2 Å². The van der Waals surface area contributed by atoms with E-state index >= 15 is 0 Å². The zero-order chi connectivity index (χ0) is 10.2. The molecule has 14 heavy (non-hydrogen) atoms. The van der Waals surface area contributed by atoms with Crippen molar-refractivity contribution in [3.8, 4) is 0 Å². The van der Waals surface area contributed by atoms with Gasteiger partial charge in [-0.2, -0.15) is 0 Å². The Bertz CT molecular complexity index is 397. The lowest BCUT2D eigenvalue weighted by Crippen LogP contribution is -1.61. The fourth-order valence-electron chi connectivity index (χ4n) is 1.06. The molecule has 0 aliphatic heterocycles. The molecule has 2 nitrogen and oxygen atoms in total. The van der Waals surface area contributed by atoms with Gasteiger partial charge in [0.05, 0.1) is 5.16 Å². The van der Waals surface area contributed by atoms with Crippen LogP contribution < -0.4 is 0 Å². The van der Waals surface area contributed by atoms with E-state index in [-0.39, 0.29) is 0 Å². The quantitative estimate of drug-likeness (QED) is 0.560. The van der Waals surface area contributed by atoms with Gasteiger partial charge in [0.2, 0.25) is 0 Å². The van der Waals surface area contributed by atoms with Crippen LogP contribution in [0.4, 0.5) is 0 Å². The number of aromatic nitrogens is 1. The maximum atomic E-state index is 4.23. The minimum absolute atomic E-state index is 0.753. The normalized spacial score (nSPS) is 8.64. The highest BCUT2D eigenvalue weighted by Gasteiger charge is 1.86. The molecule has 0 saturated heterocycles. The Hall–Kier alpha value is -1.44. The van der Waals surface area contributed by atoms with E-state index in [0.717, 1.165) is 6.54 Å². The van der Waals surface area contributed by atoms with Crippen LogP contribution in [-0.2, 0) is 0 Å². The average Bonchev–Trinajstić information content (AvgIpc) is 2.67. The van der Waals surface area contributed by atoms with Gasteiger partial charge in [-0.3, -0.25) is 0 Å². The summed E-state index contributed by atoms with van der Waals surface area (Å²) in [4.78, 5) is 6.66. The lowest BCUT2D eigenvalue weighted by molar-refractivity contribution is 1.15. The monoisotopic (exact) mass is 204 g/mol. The van der Waals surface area contributed by atoms with Gasteiger partial charge in [0, 0.05) is 18.3 Å². The van der Waals surface area contributed by atoms with Gasteiger partial charge >= 0.3 is 0 Å². The summed E-state index contributed by atoms with van der Waals surface area (Å²) in [5.74, 6) is 0. The van der Waals surface area contributed by atoms with E-state index in [2.05, 4.69) is 45.6 Å². The highest BCUT2D eigenvalue weighted by atomic mass is 32.1. The summed E-state index contributed by atoms with van der Waals surface area (Å²) < 4.78 is 0. The number of para-hydroxylation sites is 1. The molecule has 0 radical (unpaired) electrons. The largest absolute Gasteiger partial charge is 0.361 e. The van der Waals surface area contributed by atoms with Gasteiger partial charge in [0.1, 0.15) is 0 Å². The molecule has 2 rings (SSSR count). The summed E-state index contributed by atoms with van der Waals surface area (Å²) in [6, 6.07) is 10.3. The van der Waals surface area contributed by atoms with Gasteiger partial charge in [0.15, 0.2) is 0 Å². The van der Waals surface area contributed by atoms with Crippen LogP contribution in [0.2, 0.25) is 0 Å². The molecule has 0 unspecified atom stereocenters. The van der Waals surface area contributed by atoms with Crippen molar-refractivity contribution in [3.63, 3.8) is 0 Å². The first-order valence-corrected chi connectivity index (χ1v) is 4.85. The highest BCUT2D eigenvalue weighted by Crippen LogP contribution is 2.09. The Labute approximate surface area is 88.7 Å². The molecular weight excluding hydrogens is 192 g/mol. The molecule has 0 fully saturated rings. The van der Waals surface area contributed by atoms with Crippen molar-refractivity contribution in [1.82, 2.24) is 4.98 Å². The molecule has 0 amide bonds. The van der Waals surface area contributed by atoms with Gasteiger partial charge in [0.25, 0.3) is 0 Å². The molecule has 0 saturated carbocycles. The van der Waals surface area contributed by atoms with Crippen LogP contribution in [0.5, 0.6) is 0 Å². The number of rotatable bonds is 1. The van der Waals surface area contributed by atoms with Crippen molar-refractivity contribution in [2.24, 2.45) is 4.99 Å². The van der Waals surface area contributed by atoms with Crippen LogP contribution in [0.3, 0.4) is 0 Å². The topological polar surface area (TPSA) is 28.1 Å². The molecule has 1 heterocycles. The first-order valence-electron chi connectivity index (χ1n) is 4.44. The Morgan fingerprint density at radius 2 is 2.14 bits per heavy atom. The fourth-order valence-corrected chi connectivity index (χ4v) is 1.19. The van der Waals surface area contributed by atoms with Gasteiger partial charge in [-0.15, -0.1) is 0 Å². The summed E-state index contributed by atoms with van der Waals surface area (Å²) in [6.45, 7) is 2.67. The zero-order valence-electron chi connectivity index (χ0n) is 8.03. The highest BCUT2D eigenvalue weighted by molar-refractivity contribution is 7.78. The second-order valence-electron chi connectivity index (χ2n) is 2.63. The molecule has 1 aromatic heterocycles. The predicted octanol–water partition coefficient (Wildman–Crippen LogP) is 3.28. The van der Waals surface area contributed by atoms with Crippen LogP contribution in [0.25, 0.3) is 10.9 Å². The van der Waals surface area contributed by atoms with E-state index in [9.17, 15) is 0 Å². The van der Waals surface area contributed by atoms with Gasteiger partial charge in [-0.05, 0) is 36.7 Å². The Balaban J connectivity index is 0.000000171. The molecule has 0 atom stereocenters. The molecule has 0 aliphatic rings. The molecular formula is C11H12N2S. The van der Waals surface area contributed by atoms with Gasteiger partial charge in [-0.25, -0.2) is 4.99 Å². The minimum Gasteiger partial charge on any atom is -0.361 e. The fraction of sp³-hybridized carbons (Fsp3) is 0.182. The van der Waals surface area contributed by atoms with Crippen molar-refractivity contribution in [2.45, 2.75) is 6.92 Å². The number of H-pyrrole nitrogens is 1. The van der Waals surface area contributed by atoms with Gasteiger partial charge < -0.3 is 4.98 Å². The van der Waals surface area contributed by atoms with Crippen molar-refractivity contribution < 1.29 is 0 Å². The Morgan fingerprint density at radius 3 is 2.71 bits per heavy atom. The molecule has 0 spiro atoms. The first-order chi connectivity index (χ1) is 6.88. The first kappa shape index (κ1) is 10.6. The van der Waals surface area contributed by atoms with Crippen molar-refractivity contribution in [3.05, 3.63) is 36.5 Å². The number of benzene rings is 1. The number of hydrogen-bond acceptors (Lipinski definition) is 2. The van der Waals surface area contributed by atoms with Crippen LogP contribution in [0, 0.1) is 0 Å². The third-order valence-corrected chi connectivity index (χ3v) is 1.81. The Kier molecular flexibility index (Phi) is 4.62. The van der Waals surface area contributed by atoms with E-state index in [4.69, 9.17) is 0 Å². The number of aromatic amines is 1. The second kappa shape index (κ2) is 6.08. The SMILES string of the molecule is CCN=C=S.c1ccc2[nH]ccc2c1. The summed E-state index contributed by atoms with van der Waals surface area (Å²) in [7, 11) is 0. The molecule has 0 aliphatic carbocycles. The molecule has 1 N–H and O–H groups in total. The summed E-state index contributed by atoms with van der Waals surface area (Å²) in [6.07, 6.45) is 1.95. The zero-order valence-corrected chi connectivity index (χ0v) is 8.84. The standard InChI is InChI=1S/C8H7N.C3H5NS/c1-2-4-8-7(3-1)5-6-9-8;1-2-4-3-5/h1-6,9H;2H2,1H3. The molecule has 1 aromatic carbocycles. The third kappa shape index (κ3) is 3.13. The number of fused-ring (bicyclic) bond motifs is 1. The minimum atomic E-state index is 0.753. The number of nitrogens with zero attached hydrogens (tertiary/aromatic N) is 1. The summed E-state index contributed by atoms with van der Waals surface area (Å²) >= 11 is 4.23. The van der Waals surface area contributed by atoms with E-state index < -0.39 is 0 Å². The van der Waals surface area contributed by atoms with Crippen molar-refractivity contribution in [2.75, 3.05) is 6.54 Å². The van der Waals surface area contributed by atoms with E-state index in [1.54, 1.807) is 0 Å². The second-order valence-corrected chi connectivity index (χ2v) is 2.81. The smallest absolute Gasteiger partial charge is 0.0584 e. The average molecular weight is 204 g/mol.